The maximum atomic E-state index is 9.39. The number of aryl methyl sites for hydroxylation is 1. The zero-order chi connectivity index (χ0) is 13.1. The fourth-order valence-corrected chi connectivity index (χ4v) is 2.34. The van der Waals surface area contributed by atoms with Crippen molar-refractivity contribution in [2.24, 2.45) is 0 Å². The highest BCUT2D eigenvalue weighted by atomic mass is 16.7. The third-order valence-corrected chi connectivity index (χ3v) is 3.55. The first-order valence-corrected chi connectivity index (χ1v) is 6.54. The van der Waals surface area contributed by atoms with Crippen LogP contribution in [0, 0.1) is 0 Å². The SMILES string of the molecule is C[C@]1(CO)CCO[C@](C)(CCc2ccccc2)O1. The summed E-state index contributed by atoms with van der Waals surface area (Å²) in [4.78, 5) is 0. The van der Waals surface area contributed by atoms with E-state index in [-0.39, 0.29) is 6.61 Å². The molecule has 100 valence electrons. The lowest BCUT2D eigenvalue weighted by Gasteiger charge is -2.44. The fraction of sp³-hybridized carbons (Fsp3) is 0.600. The van der Waals surface area contributed by atoms with Crippen molar-refractivity contribution < 1.29 is 14.6 Å². The molecule has 0 spiro atoms. The van der Waals surface area contributed by atoms with Crippen LogP contribution in [-0.4, -0.2) is 29.7 Å². The molecule has 0 aromatic heterocycles. The first kappa shape index (κ1) is 13.5. The van der Waals surface area contributed by atoms with Gasteiger partial charge < -0.3 is 14.6 Å². The predicted octanol–water partition coefficient (Wildman–Crippen LogP) is 2.52. The summed E-state index contributed by atoms with van der Waals surface area (Å²) in [5.74, 6) is -0.592. The van der Waals surface area contributed by atoms with E-state index in [0.717, 1.165) is 19.3 Å². The van der Waals surface area contributed by atoms with Crippen molar-refractivity contribution in [3.8, 4) is 0 Å². The van der Waals surface area contributed by atoms with Crippen molar-refractivity contribution in [2.45, 2.75) is 44.5 Å². The van der Waals surface area contributed by atoms with Crippen LogP contribution in [0.25, 0.3) is 0 Å². The van der Waals surface area contributed by atoms with E-state index in [4.69, 9.17) is 9.47 Å². The zero-order valence-corrected chi connectivity index (χ0v) is 11.2. The monoisotopic (exact) mass is 250 g/mol. The molecule has 1 aromatic carbocycles. The molecule has 3 nitrogen and oxygen atoms in total. The largest absolute Gasteiger partial charge is 0.393 e. The van der Waals surface area contributed by atoms with Gasteiger partial charge in [-0.3, -0.25) is 0 Å². The maximum Gasteiger partial charge on any atom is 0.166 e. The highest BCUT2D eigenvalue weighted by Gasteiger charge is 2.40. The topological polar surface area (TPSA) is 38.7 Å². The van der Waals surface area contributed by atoms with Crippen molar-refractivity contribution in [3.63, 3.8) is 0 Å². The molecule has 0 amide bonds. The molecule has 1 aromatic rings. The average Bonchev–Trinajstić information content (AvgIpc) is 2.38. The van der Waals surface area contributed by atoms with E-state index in [2.05, 4.69) is 12.1 Å². The van der Waals surface area contributed by atoms with Crippen molar-refractivity contribution in [3.05, 3.63) is 35.9 Å². The van der Waals surface area contributed by atoms with Crippen molar-refractivity contribution >= 4 is 0 Å². The van der Waals surface area contributed by atoms with Gasteiger partial charge in [-0.15, -0.1) is 0 Å². The number of aliphatic hydroxyl groups excluding tert-OH is 1. The molecule has 1 aliphatic heterocycles. The lowest BCUT2D eigenvalue weighted by Crippen LogP contribution is -2.50. The zero-order valence-electron chi connectivity index (χ0n) is 11.2. The minimum Gasteiger partial charge on any atom is -0.393 e. The maximum absolute atomic E-state index is 9.39. The highest BCUT2D eigenvalue weighted by molar-refractivity contribution is 5.14. The van der Waals surface area contributed by atoms with E-state index in [1.165, 1.54) is 5.56 Å². The van der Waals surface area contributed by atoms with Crippen LogP contribution >= 0.6 is 0 Å². The van der Waals surface area contributed by atoms with Crippen LogP contribution in [0.3, 0.4) is 0 Å². The second kappa shape index (κ2) is 5.39. The van der Waals surface area contributed by atoms with E-state index in [1.54, 1.807) is 0 Å². The van der Waals surface area contributed by atoms with Gasteiger partial charge in [-0.1, -0.05) is 30.3 Å². The third-order valence-electron chi connectivity index (χ3n) is 3.55. The summed E-state index contributed by atoms with van der Waals surface area (Å²) in [7, 11) is 0. The van der Waals surface area contributed by atoms with Crippen LogP contribution in [0.4, 0.5) is 0 Å². The summed E-state index contributed by atoms with van der Waals surface area (Å²) in [5.41, 5.74) is 0.811. The van der Waals surface area contributed by atoms with Crippen LogP contribution in [-0.2, 0) is 15.9 Å². The van der Waals surface area contributed by atoms with Gasteiger partial charge in [-0.25, -0.2) is 0 Å². The Kier molecular flexibility index (Phi) is 4.05. The summed E-state index contributed by atoms with van der Waals surface area (Å²) in [6, 6.07) is 10.3. The van der Waals surface area contributed by atoms with Gasteiger partial charge in [0.15, 0.2) is 5.79 Å². The Bertz CT molecular complexity index is 379. The van der Waals surface area contributed by atoms with Gasteiger partial charge in [0.1, 0.15) is 0 Å². The normalized spacial score (nSPS) is 32.4. The molecule has 0 radical (unpaired) electrons. The number of aliphatic hydroxyl groups is 1. The van der Waals surface area contributed by atoms with Gasteiger partial charge >= 0.3 is 0 Å². The number of ether oxygens (including phenoxy) is 2. The van der Waals surface area contributed by atoms with E-state index in [1.807, 2.05) is 32.0 Å². The molecule has 3 heteroatoms. The van der Waals surface area contributed by atoms with Gasteiger partial charge in [-0.05, 0) is 25.8 Å². The van der Waals surface area contributed by atoms with Gasteiger partial charge in [0, 0.05) is 12.8 Å². The molecule has 2 atom stereocenters. The number of rotatable bonds is 4. The second-order valence-electron chi connectivity index (χ2n) is 5.43. The molecule has 1 N–H and O–H groups in total. The molecule has 1 fully saturated rings. The van der Waals surface area contributed by atoms with E-state index in [0.29, 0.717) is 6.61 Å². The first-order chi connectivity index (χ1) is 8.55. The van der Waals surface area contributed by atoms with Crippen LogP contribution in [0.1, 0.15) is 32.3 Å². The summed E-state index contributed by atoms with van der Waals surface area (Å²) >= 11 is 0. The van der Waals surface area contributed by atoms with Gasteiger partial charge in [0.25, 0.3) is 0 Å². The van der Waals surface area contributed by atoms with Crippen LogP contribution in [0.2, 0.25) is 0 Å². The van der Waals surface area contributed by atoms with Crippen molar-refractivity contribution in [2.75, 3.05) is 13.2 Å². The smallest absolute Gasteiger partial charge is 0.166 e. The first-order valence-electron chi connectivity index (χ1n) is 6.54. The lowest BCUT2D eigenvalue weighted by atomic mass is 9.99. The molecule has 0 bridgehead atoms. The molecule has 2 rings (SSSR count). The van der Waals surface area contributed by atoms with E-state index in [9.17, 15) is 5.11 Å². The van der Waals surface area contributed by atoms with Crippen LogP contribution in [0.5, 0.6) is 0 Å². The molecular weight excluding hydrogens is 228 g/mol. The average molecular weight is 250 g/mol. The Balaban J connectivity index is 1.95. The van der Waals surface area contributed by atoms with Crippen LogP contribution in [0.15, 0.2) is 30.3 Å². The predicted molar refractivity (Wildman–Crippen MR) is 70.3 cm³/mol. The summed E-state index contributed by atoms with van der Waals surface area (Å²) < 4.78 is 11.7. The third kappa shape index (κ3) is 3.31. The Morgan fingerprint density at radius 2 is 1.94 bits per heavy atom. The Labute approximate surface area is 109 Å². The van der Waals surface area contributed by atoms with E-state index >= 15 is 0 Å². The second-order valence-corrected chi connectivity index (χ2v) is 5.43. The minimum atomic E-state index is -0.592. The molecular formula is C15H22O3. The van der Waals surface area contributed by atoms with Gasteiger partial charge in [0.05, 0.1) is 18.8 Å². The Morgan fingerprint density at radius 1 is 1.22 bits per heavy atom. The summed E-state index contributed by atoms with van der Waals surface area (Å²) in [6.07, 6.45) is 2.45. The molecule has 18 heavy (non-hydrogen) atoms. The molecule has 0 aliphatic carbocycles. The van der Waals surface area contributed by atoms with Crippen LogP contribution < -0.4 is 0 Å². The fourth-order valence-electron chi connectivity index (χ4n) is 2.34. The standard InChI is InChI=1S/C15H22O3/c1-14(12-16)10-11-17-15(2,18-14)9-8-13-6-4-3-5-7-13/h3-7,16H,8-12H2,1-2H3/t14-,15+/m1/s1. The number of hydrogen-bond donors (Lipinski definition) is 1. The Hall–Kier alpha value is -0.900. The molecule has 0 saturated carbocycles. The number of hydrogen-bond acceptors (Lipinski definition) is 3. The molecule has 1 heterocycles. The van der Waals surface area contributed by atoms with Gasteiger partial charge in [0.2, 0.25) is 0 Å². The quantitative estimate of drug-likeness (QED) is 0.892. The highest BCUT2D eigenvalue weighted by Crippen LogP contribution is 2.33. The van der Waals surface area contributed by atoms with E-state index < -0.39 is 11.4 Å². The van der Waals surface area contributed by atoms with Crippen molar-refractivity contribution in [1.29, 1.82) is 0 Å². The molecule has 0 unspecified atom stereocenters. The number of benzene rings is 1. The summed E-state index contributed by atoms with van der Waals surface area (Å²) in [6.45, 7) is 4.58. The lowest BCUT2D eigenvalue weighted by molar-refractivity contribution is -0.322. The minimum absolute atomic E-state index is 0.0390. The van der Waals surface area contributed by atoms with Crippen molar-refractivity contribution in [1.82, 2.24) is 0 Å². The molecule has 1 aliphatic rings. The summed E-state index contributed by atoms with van der Waals surface area (Å²) in [5, 5.41) is 9.39. The Morgan fingerprint density at radius 3 is 2.61 bits per heavy atom. The van der Waals surface area contributed by atoms with Gasteiger partial charge in [-0.2, -0.15) is 0 Å². The molecule has 1 saturated heterocycles.